The van der Waals surface area contributed by atoms with Crippen molar-refractivity contribution >= 4 is 5.91 Å². The minimum absolute atomic E-state index is 0.0236. The lowest BCUT2D eigenvalue weighted by molar-refractivity contribution is 0.0715. The number of amides is 1. The van der Waals surface area contributed by atoms with Gasteiger partial charge < -0.3 is 14.5 Å². The van der Waals surface area contributed by atoms with E-state index < -0.39 is 0 Å². The van der Waals surface area contributed by atoms with Gasteiger partial charge in [-0.25, -0.2) is 4.39 Å². The van der Waals surface area contributed by atoms with Crippen LogP contribution in [0.1, 0.15) is 29.3 Å². The van der Waals surface area contributed by atoms with Crippen molar-refractivity contribution in [3.05, 3.63) is 35.1 Å². The van der Waals surface area contributed by atoms with E-state index >= 15 is 0 Å². The van der Waals surface area contributed by atoms with Gasteiger partial charge in [0.25, 0.3) is 5.91 Å². The van der Waals surface area contributed by atoms with Crippen LogP contribution in [0.2, 0.25) is 0 Å². The average Bonchev–Trinajstić information content (AvgIpc) is 3.13. The van der Waals surface area contributed by atoms with Gasteiger partial charge in [-0.2, -0.15) is 0 Å². The van der Waals surface area contributed by atoms with Crippen LogP contribution in [0.5, 0.6) is 0 Å². The van der Waals surface area contributed by atoms with E-state index in [4.69, 9.17) is 4.74 Å². The van der Waals surface area contributed by atoms with E-state index in [1.54, 1.807) is 20.1 Å². The third-order valence-electron chi connectivity index (χ3n) is 5.79. The Morgan fingerprint density at radius 3 is 2.88 bits per heavy atom. The Morgan fingerprint density at radius 1 is 1.42 bits per heavy atom. The van der Waals surface area contributed by atoms with Crippen LogP contribution < -0.4 is 0 Å². The van der Waals surface area contributed by atoms with Gasteiger partial charge in [-0.05, 0) is 43.7 Å². The molecule has 2 fully saturated rings. The highest BCUT2D eigenvalue weighted by molar-refractivity contribution is 5.95. The molecule has 2 saturated heterocycles. The minimum Gasteiger partial charge on any atom is -0.384 e. The number of nitrogens with zero attached hydrogens (tertiary/aromatic N) is 2. The maximum absolute atomic E-state index is 13.3. The number of benzene rings is 1. The molecular weight excluding hydrogens is 307 g/mol. The summed E-state index contributed by atoms with van der Waals surface area (Å²) in [7, 11) is 1.75. The summed E-state index contributed by atoms with van der Waals surface area (Å²) in [5, 5.41) is 0. The van der Waals surface area contributed by atoms with Crippen LogP contribution in [0.3, 0.4) is 0 Å². The predicted molar refractivity (Wildman–Crippen MR) is 91.6 cm³/mol. The Kier molecular flexibility index (Phi) is 4.92. The number of likely N-dealkylation sites (tertiary alicyclic amines) is 2. The van der Waals surface area contributed by atoms with Crippen LogP contribution in [0.15, 0.2) is 18.2 Å². The molecule has 0 aliphatic carbocycles. The SMILES string of the molecule is CCN1C[C@@H](COC)[C@@]2(CCN(C(=O)c3ccc(F)cc3C)C2)C1. The van der Waals surface area contributed by atoms with Crippen LogP contribution in [0, 0.1) is 24.1 Å². The second-order valence-corrected chi connectivity index (χ2v) is 7.28. The number of carbonyl (C=O) groups is 1. The number of hydrogen-bond donors (Lipinski definition) is 0. The molecule has 0 saturated carbocycles. The number of halogens is 1. The lowest BCUT2D eigenvalue weighted by Gasteiger charge is -2.30. The molecule has 1 spiro atoms. The van der Waals surface area contributed by atoms with Crippen LogP contribution in [-0.2, 0) is 4.74 Å². The molecule has 1 amide bonds. The van der Waals surface area contributed by atoms with Gasteiger partial charge in [-0.15, -0.1) is 0 Å². The summed E-state index contributed by atoms with van der Waals surface area (Å²) in [6, 6.07) is 4.41. The largest absolute Gasteiger partial charge is 0.384 e. The monoisotopic (exact) mass is 334 g/mol. The van der Waals surface area contributed by atoms with E-state index in [0.717, 1.165) is 45.8 Å². The number of hydrogen-bond acceptors (Lipinski definition) is 3. The van der Waals surface area contributed by atoms with Crippen molar-refractivity contribution in [1.29, 1.82) is 0 Å². The van der Waals surface area contributed by atoms with E-state index in [2.05, 4.69) is 11.8 Å². The fourth-order valence-electron chi connectivity index (χ4n) is 4.38. The van der Waals surface area contributed by atoms with Crippen molar-refractivity contribution < 1.29 is 13.9 Å². The van der Waals surface area contributed by atoms with Gasteiger partial charge in [0.05, 0.1) is 6.61 Å². The highest BCUT2D eigenvalue weighted by Gasteiger charge is 2.50. The molecule has 4 nitrogen and oxygen atoms in total. The predicted octanol–water partition coefficient (Wildman–Crippen LogP) is 2.56. The molecule has 2 aliphatic heterocycles. The number of ether oxygens (including phenoxy) is 1. The molecule has 2 atom stereocenters. The summed E-state index contributed by atoms with van der Waals surface area (Å²) in [6.45, 7) is 9.38. The first-order valence-corrected chi connectivity index (χ1v) is 8.76. The summed E-state index contributed by atoms with van der Waals surface area (Å²) in [5.41, 5.74) is 1.45. The molecule has 0 aromatic heterocycles. The van der Waals surface area contributed by atoms with Crippen molar-refractivity contribution in [2.75, 3.05) is 46.4 Å². The summed E-state index contributed by atoms with van der Waals surface area (Å²) in [6.07, 6.45) is 1.02. The van der Waals surface area contributed by atoms with Crippen molar-refractivity contribution in [3.8, 4) is 0 Å². The maximum atomic E-state index is 13.3. The Morgan fingerprint density at radius 2 is 2.21 bits per heavy atom. The smallest absolute Gasteiger partial charge is 0.254 e. The highest BCUT2D eigenvalue weighted by Crippen LogP contribution is 2.44. The average molecular weight is 334 g/mol. The molecule has 24 heavy (non-hydrogen) atoms. The summed E-state index contributed by atoms with van der Waals surface area (Å²) in [4.78, 5) is 17.3. The third-order valence-corrected chi connectivity index (χ3v) is 5.79. The number of rotatable bonds is 4. The zero-order valence-corrected chi connectivity index (χ0v) is 14.8. The second kappa shape index (κ2) is 6.81. The van der Waals surface area contributed by atoms with E-state index in [0.29, 0.717) is 17.0 Å². The van der Waals surface area contributed by atoms with Gasteiger partial charge in [0, 0.05) is 50.2 Å². The Labute approximate surface area is 143 Å². The minimum atomic E-state index is -0.295. The van der Waals surface area contributed by atoms with E-state index in [-0.39, 0.29) is 17.1 Å². The van der Waals surface area contributed by atoms with Gasteiger partial charge in [0.15, 0.2) is 0 Å². The van der Waals surface area contributed by atoms with Crippen LogP contribution in [-0.4, -0.2) is 62.1 Å². The van der Waals surface area contributed by atoms with Crippen LogP contribution in [0.4, 0.5) is 4.39 Å². The summed E-state index contributed by atoms with van der Waals surface area (Å²) < 4.78 is 18.7. The molecule has 5 heteroatoms. The lowest BCUT2D eigenvalue weighted by Crippen LogP contribution is -2.38. The molecule has 1 aromatic carbocycles. The molecule has 0 bridgehead atoms. The molecule has 2 heterocycles. The van der Waals surface area contributed by atoms with Crippen molar-refractivity contribution in [3.63, 3.8) is 0 Å². The number of carbonyl (C=O) groups excluding carboxylic acids is 1. The van der Waals surface area contributed by atoms with E-state index in [1.807, 2.05) is 4.90 Å². The molecule has 0 radical (unpaired) electrons. The van der Waals surface area contributed by atoms with Gasteiger partial charge in [0.1, 0.15) is 5.82 Å². The van der Waals surface area contributed by atoms with E-state index in [1.165, 1.54) is 12.1 Å². The van der Waals surface area contributed by atoms with Crippen molar-refractivity contribution in [2.45, 2.75) is 20.3 Å². The standard InChI is InChI=1S/C19H27FN2O2/c1-4-21-10-15(11-24-3)19(12-21)7-8-22(13-19)18(23)17-6-5-16(20)9-14(17)2/h5-6,9,15H,4,7-8,10-13H2,1-3H3/t15-,19-/m0/s1. The molecule has 1 aromatic rings. The van der Waals surface area contributed by atoms with Crippen LogP contribution >= 0.6 is 0 Å². The fourth-order valence-corrected chi connectivity index (χ4v) is 4.38. The first kappa shape index (κ1) is 17.4. The number of methoxy groups -OCH3 is 1. The zero-order valence-electron chi connectivity index (χ0n) is 14.8. The Balaban J connectivity index is 1.77. The van der Waals surface area contributed by atoms with Crippen molar-refractivity contribution in [1.82, 2.24) is 9.80 Å². The normalized spacial score (nSPS) is 27.3. The molecular formula is C19H27FN2O2. The van der Waals surface area contributed by atoms with Crippen molar-refractivity contribution in [2.24, 2.45) is 11.3 Å². The molecule has 3 rings (SSSR count). The van der Waals surface area contributed by atoms with Crippen LogP contribution in [0.25, 0.3) is 0 Å². The van der Waals surface area contributed by atoms with Gasteiger partial charge in [-0.3, -0.25) is 4.79 Å². The molecule has 0 unspecified atom stereocenters. The highest BCUT2D eigenvalue weighted by atomic mass is 19.1. The summed E-state index contributed by atoms with van der Waals surface area (Å²) in [5.74, 6) is 0.196. The summed E-state index contributed by atoms with van der Waals surface area (Å²) >= 11 is 0. The second-order valence-electron chi connectivity index (χ2n) is 7.28. The first-order chi connectivity index (χ1) is 11.5. The van der Waals surface area contributed by atoms with Gasteiger partial charge >= 0.3 is 0 Å². The first-order valence-electron chi connectivity index (χ1n) is 8.76. The maximum Gasteiger partial charge on any atom is 0.254 e. The molecule has 132 valence electrons. The van der Waals surface area contributed by atoms with Gasteiger partial charge in [-0.1, -0.05) is 6.92 Å². The quantitative estimate of drug-likeness (QED) is 0.848. The van der Waals surface area contributed by atoms with E-state index in [9.17, 15) is 9.18 Å². The third kappa shape index (κ3) is 3.07. The lowest BCUT2D eigenvalue weighted by atomic mass is 9.77. The van der Waals surface area contributed by atoms with Gasteiger partial charge in [0.2, 0.25) is 0 Å². The molecule has 2 aliphatic rings. The zero-order chi connectivity index (χ0) is 17.3. The fraction of sp³-hybridized carbons (Fsp3) is 0.632. The Hall–Kier alpha value is -1.46. The topological polar surface area (TPSA) is 32.8 Å². The Bertz CT molecular complexity index is 621. The number of aryl methyl sites for hydroxylation is 1. The molecule has 0 N–H and O–H groups in total.